The van der Waals surface area contributed by atoms with Crippen molar-refractivity contribution in [3.05, 3.63) is 42.0 Å². The molecule has 1 saturated heterocycles. The lowest BCUT2D eigenvalue weighted by Crippen LogP contribution is -2.38. The van der Waals surface area contributed by atoms with Gasteiger partial charge in [-0.1, -0.05) is 44.5 Å². The molecule has 1 saturated carbocycles. The first kappa shape index (κ1) is 22.1. The first-order chi connectivity index (χ1) is 15.1. The van der Waals surface area contributed by atoms with Crippen LogP contribution in [0.5, 0.6) is 5.75 Å². The molecule has 4 nitrogen and oxygen atoms in total. The minimum Gasteiger partial charge on any atom is -0.490 e. The highest BCUT2D eigenvalue weighted by Crippen LogP contribution is 2.35. The number of nitrogens with zero attached hydrogens (tertiary/aromatic N) is 1. The van der Waals surface area contributed by atoms with Crippen LogP contribution in [0, 0.1) is 11.8 Å². The third-order valence-corrected chi connectivity index (χ3v) is 7.62. The monoisotopic (exact) mass is 423 g/mol. The summed E-state index contributed by atoms with van der Waals surface area (Å²) >= 11 is 0. The van der Waals surface area contributed by atoms with Gasteiger partial charge in [-0.2, -0.15) is 0 Å². The Morgan fingerprint density at radius 1 is 1.06 bits per heavy atom. The van der Waals surface area contributed by atoms with Crippen LogP contribution in [0.4, 0.5) is 0 Å². The molecule has 4 heteroatoms. The molecule has 1 aliphatic heterocycles. The zero-order valence-electron chi connectivity index (χ0n) is 19.1. The molecule has 4 rings (SSSR count). The highest BCUT2D eigenvalue weighted by molar-refractivity contribution is 5.89. The number of piperidine rings is 1. The Labute approximate surface area is 186 Å². The van der Waals surface area contributed by atoms with E-state index in [0.29, 0.717) is 12.1 Å². The summed E-state index contributed by atoms with van der Waals surface area (Å²) in [5, 5.41) is 11.7. The molecule has 0 amide bonds. The van der Waals surface area contributed by atoms with Crippen molar-refractivity contribution in [2.45, 2.75) is 77.4 Å². The van der Waals surface area contributed by atoms with Gasteiger partial charge in [-0.05, 0) is 87.0 Å². The average molecular weight is 424 g/mol. The Bertz CT molecular complexity index is 879. The van der Waals surface area contributed by atoms with Crippen molar-refractivity contribution in [2.75, 3.05) is 13.1 Å². The van der Waals surface area contributed by atoms with Crippen molar-refractivity contribution < 1.29 is 14.6 Å². The number of carboxylic acid groups (broad SMARTS) is 1. The number of hydrogen-bond acceptors (Lipinski definition) is 3. The summed E-state index contributed by atoms with van der Waals surface area (Å²) in [6.45, 7) is 6.24. The van der Waals surface area contributed by atoms with Gasteiger partial charge in [-0.15, -0.1) is 0 Å². The van der Waals surface area contributed by atoms with Gasteiger partial charge in [0.05, 0.1) is 12.0 Å². The van der Waals surface area contributed by atoms with Gasteiger partial charge < -0.3 is 9.84 Å². The third-order valence-electron chi connectivity index (χ3n) is 7.62. The molecule has 2 aromatic carbocycles. The van der Waals surface area contributed by atoms with Gasteiger partial charge in [0.2, 0.25) is 0 Å². The van der Waals surface area contributed by atoms with E-state index in [4.69, 9.17) is 4.74 Å². The maximum absolute atomic E-state index is 11.3. The zero-order valence-corrected chi connectivity index (χ0v) is 19.1. The van der Waals surface area contributed by atoms with Crippen molar-refractivity contribution in [2.24, 2.45) is 11.8 Å². The van der Waals surface area contributed by atoms with Crippen molar-refractivity contribution >= 4 is 16.7 Å². The molecular formula is C27H37NO3. The number of benzene rings is 2. The molecule has 0 radical (unpaired) electrons. The number of carboxylic acids is 1. The van der Waals surface area contributed by atoms with Gasteiger partial charge >= 0.3 is 5.97 Å². The summed E-state index contributed by atoms with van der Waals surface area (Å²) in [7, 11) is 0. The van der Waals surface area contributed by atoms with E-state index in [1.165, 1.54) is 35.6 Å². The summed E-state index contributed by atoms with van der Waals surface area (Å²) in [5.41, 5.74) is 1.32. The molecule has 2 aromatic rings. The molecule has 31 heavy (non-hydrogen) atoms. The molecule has 1 unspecified atom stereocenters. The van der Waals surface area contributed by atoms with Gasteiger partial charge in [0, 0.05) is 11.4 Å². The van der Waals surface area contributed by atoms with E-state index in [0.717, 1.165) is 56.9 Å². The Morgan fingerprint density at radius 2 is 1.81 bits per heavy atom. The largest absolute Gasteiger partial charge is 0.490 e. The van der Waals surface area contributed by atoms with E-state index in [-0.39, 0.29) is 5.92 Å². The highest BCUT2D eigenvalue weighted by Gasteiger charge is 2.28. The van der Waals surface area contributed by atoms with E-state index >= 15 is 0 Å². The predicted molar refractivity (Wildman–Crippen MR) is 126 cm³/mol. The fraction of sp³-hybridized carbons (Fsp3) is 0.593. The molecule has 1 aliphatic carbocycles. The lowest BCUT2D eigenvalue weighted by Gasteiger charge is -2.36. The maximum Gasteiger partial charge on any atom is 0.306 e. The van der Waals surface area contributed by atoms with E-state index in [9.17, 15) is 9.90 Å². The topological polar surface area (TPSA) is 49.8 Å². The number of fused-ring (bicyclic) bond motifs is 1. The standard InChI is InChI=1S/C27H37NO3/c1-3-19-8-11-23(12-9-19)31-26-7-5-6-21-18-22(10-13-24(21)26)25(4-2)28-16-14-20(15-17-28)27(29)30/h5-7,10,13,18-20,23,25H,3-4,8-9,11-12,14-17H2,1-2H3,(H,29,30). The summed E-state index contributed by atoms with van der Waals surface area (Å²) in [6, 6.07) is 13.5. The number of hydrogen-bond donors (Lipinski definition) is 1. The van der Waals surface area contributed by atoms with Crippen molar-refractivity contribution in [1.29, 1.82) is 0 Å². The molecule has 1 atom stereocenters. The van der Waals surface area contributed by atoms with Crippen LogP contribution in [0.3, 0.4) is 0 Å². The van der Waals surface area contributed by atoms with Crippen LogP contribution in [0.25, 0.3) is 10.8 Å². The van der Waals surface area contributed by atoms with Gasteiger partial charge in [-0.25, -0.2) is 0 Å². The molecule has 1 heterocycles. The van der Waals surface area contributed by atoms with Crippen LogP contribution < -0.4 is 4.74 Å². The normalized spacial score (nSPS) is 24.2. The zero-order chi connectivity index (χ0) is 21.8. The Hall–Kier alpha value is -2.07. The quantitative estimate of drug-likeness (QED) is 0.557. The summed E-state index contributed by atoms with van der Waals surface area (Å²) in [6.07, 6.45) is 9.05. The molecule has 0 spiro atoms. The smallest absolute Gasteiger partial charge is 0.306 e. The van der Waals surface area contributed by atoms with E-state index in [1.54, 1.807) is 0 Å². The number of ether oxygens (including phenoxy) is 1. The van der Waals surface area contributed by atoms with Crippen LogP contribution in [0.2, 0.25) is 0 Å². The van der Waals surface area contributed by atoms with Crippen LogP contribution >= 0.6 is 0 Å². The van der Waals surface area contributed by atoms with Crippen molar-refractivity contribution in [1.82, 2.24) is 4.90 Å². The van der Waals surface area contributed by atoms with Gasteiger partial charge in [0.1, 0.15) is 5.75 Å². The molecule has 0 bridgehead atoms. The second kappa shape index (κ2) is 10.0. The summed E-state index contributed by atoms with van der Waals surface area (Å²) in [5.74, 6) is 1.06. The SMILES string of the molecule is CCC1CCC(Oc2cccc3cc(C(CC)N4CCC(C(=O)O)CC4)ccc23)CC1. The second-order valence-electron chi connectivity index (χ2n) is 9.48. The first-order valence-electron chi connectivity index (χ1n) is 12.2. The van der Waals surface area contributed by atoms with Crippen molar-refractivity contribution in [3.8, 4) is 5.75 Å². The predicted octanol–water partition coefficient (Wildman–Crippen LogP) is 6.44. The van der Waals surface area contributed by atoms with Crippen molar-refractivity contribution in [3.63, 3.8) is 0 Å². The van der Waals surface area contributed by atoms with Gasteiger partial charge in [-0.3, -0.25) is 9.69 Å². The molecule has 2 fully saturated rings. The van der Waals surface area contributed by atoms with Crippen LogP contribution in [0.1, 0.15) is 76.8 Å². The molecule has 0 aromatic heterocycles. The van der Waals surface area contributed by atoms with Gasteiger partial charge in [0.25, 0.3) is 0 Å². The number of carbonyl (C=O) groups is 1. The third kappa shape index (κ3) is 5.06. The fourth-order valence-electron chi connectivity index (χ4n) is 5.58. The van der Waals surface area contributed by atoms with E-state index < -0.39 is 5.97 Å². The lowest BCUT2D eigenvalue weighted by molar-refractivity contribution is -0.143. The number of aliphatic carboxylic acids is 1. The fourth-order valence-corrected chi connectivity index (χ4v) is 5.58. The second-order valence-corrected chi connectivity index (χ2v) is 9.48. The van der Waals surface area contributed by atoms with E-state index in [1.807, 2.05) is 0 Å². The van der Waals surface area contributed by atoms with Crippen LogP contribution in [0.15, 0.2) is 36.4 Å². The Kier molecular flexibility index (Phi) is 7.16. The Morgan fingerprint density at radius 3 is 2.45 bits per heavy atom. The molecular weight excluding hydrogens is 386 g/mol. The van der Waals surface area contributed by atoms with Gasteiger partial charge in [0.15, 0.2) is 0 Å². The highest BCUT2D eigenvalue weighted by atomic mass is 16.5. The molecule has 1 N–H and O–H groups in total. The van der Waals surface area contributed by atoms with Crippen LogP contribution in [-0.2, 0) is 4.79 Å². The Balaban J connectivity index is 1.48. The minimum atomic E-state index is -0.644. The van der Waals surface area contributed by atoms with Crippen LogP contribution in [-0.4, -0.2) is 35.2 Å². The lowest BCUT2D eigenvalue weighted by atomic mass is 9.86. The first-order valence-corrected chi connectivity index (χ1v) is 12.2. The minimum absolute atomic E-state index is 0.183. The molecule has 2 aliphatic rings. The maximum atomic E-state index is 11.3. The summed E-state index contributed by atoms with van der Waals surface area (Å²) < 4.78 is 6.47. The number of rotatable bonds is 7. The van der Waals surface area contributed by atoms with E-state index in [2.05, 4.69) is 55.1 Å². The summed E-state index contributed by atoms with van der Waals surface area (Å²) in [4.78, 5) is 13.8. The molecule has 168 valence electrons. The number of likely N-dealkylation sites (tertiary alicyclic amines) is 1. The average Bonchev–Trinajstić information content (AvgIpc) is 2.80.